The van der Waals surface area contributed by atoms with E-state index >= 15 is 0 Å². The molecule has 0 bridgehead atoms. The molecule has 1 heterocycles. The number of aromatic carboxylic acids is 1. The van der Waals surface area contributed by atoms with E-state index in [9.17, 15) is 18.0 Å². The fraction of sp³-hybridized carbons (Fsp3) is 0.385. The highest BCUT2D eigenvalue weighted by atomic mass is 32.2. The smallest absolute Gasteiger partial charge is 0.417 e. The van der Waals surface area contributed by atoms with Crippen LogP contribution >= 0.6 is 23.3 Å². The lowest BCUT2D eigenvalue weighted by Gasteiger charge is -2.34. The van der Waals surface area contributed by atoms with Crippen LogP contribution in [0.5, 0.6) is 5.75 Å². The summed E-state index contributed by atoms with van der Waals surface area (Å²) in [5.41, 5.74) is 1.01. The van der Waals surface area contributed by atoms with Gasteiger partial charge >= 0.3 is 12.1 Å². The molecule has 0 radical (unpaired) electrons. The van der Waals surface area contributed by atoms with Crippen LogP contribution in [0.25, 0.3) is 10.6 Å². The molecule has 0 amide bonds. The van der Waals surface area contributed by atoms with E-state index in [4.69, 9.17) is 9.84 Å². The Hall–Kier alpha value is -2.72. The van der Waals surface area contributed by atoms with Crippen LogP contribution in [-0.4, -0.2) is 23.2 Å². The Morgan fingerprint density at radius 2 is 1.92 bits per heavy atom. The van der Waals surface area contributed by atoms with Gasteiger partial charge < -0.3 is 14.6 Å². The zero-order valence-electron chi connectivity index (χ0n) is 20.1. The zero-order chi connectivity index (χ0) is 26.1. The molecule has 1 aromatic heterocycles. The summed E-state index contributed by atoms with van der Waals surface area (Å²) < 4.78 is 50.4. The molecule has 3 aromatic rings. The molecule has 2 N–H and O–H groups in total. The van der Waals surface area contributed by atoms with E-state index in [0.29, 0.717) is 16.5 Å². The van der Waals surface area contributed by atoms with Crippen molar-refractivity contribution >= 4 is 34.9 Å². The van der Waals surface area contributed by atoms with E-state index in [1.165, 1.54) is 25.3 Å². The fourth-order valence-electron chi connectivity index (χ4n) is 4.41. The number of carbonyl (C=O) groups is 1. The van der Waals surface area contributed by atoms with E-state index in [1.807, 2.05) is 6.07 Å². The van der Waals surface area contributed by atoms with Crippen LogP contribution in [0.2, 0.25) is 0 Å². The summed E-state index contributed by atoms with van der Waals surface area (Å²) >= 11 is 2.26. The number of hydrogen-bond acceptors (Lipinski definition) is 6. The van der Waals surface area contributed by atoms with Gasteiger partial charge in [0.1, 0.15) is 15.8 Å². The Bertz CT molecular complexity index is 1250. The fourth-order valence-corrected chi connectivity index (χ4v) is 6.05. The number of methoxy groups -OCH3 is 1. The summed E-state index contributed by atoms with van der Waals surface area (Å²) in [4.78, 5) is 15.6. The van der Waals surface area contributed by atoms with E-state index in [2.05, 4.69) is 23.6 Å². The first-order valence-electron chi connectivity index (χ1n) is 11.5. The van der Waals surface area contributed by atoms with E-state index in [0.717, 1.165) is 54.5 Å². The molecule has 36 heavy (non-hydrogen) atoms. The van der Waals surface area contributed by atoms with Crippen molar-refractivity contribution in [3.63, 3.8) is 0 Å². The normalized spacial score (nSPS) is 16.1. The van der Waals surface area contributed by atoms with E-state index < -0.39 is 17.7 Å². The number of ether oxygens (including phenoxy) is 1. The molecular formula is C26H27F3N2O3S2. The minimum Gasteiger partial charge on any atom is -0.495 e. The highest BCUT2D eigenvalue weighted by Crippen LogP contribution is 2.45. The first kappa shape index (κ1) is 26.3. The first-order chi connectivity index (χ1) is 17.0. The SMILES string of the molecule is COc1cc(C(=O)O)ccc1NSc1csc(-c2ccc(C3CCC(C)(C)CC3)cc2C(F)(F)F)n1. The first-order valence-corrected chi connectivity index (χ1v) is 13.2. The van der Waals surface area contributed by atoms with Crippen molar-refractivity contribution in [1.29, 1.82) is 0 Å². The number of nitrogens with zero attached hydrogens (tertiary/aromatic N) is 1. The van der Waals surface area contributed by atoms with Crippen molar-refractivity contribution in [1.82, 2.24) is 4.98 Å². The maximum absolute atomic E-state index is 14.1. The predicted octanol–water partition coefficient (Wildman–Crippen LogP) is 8.34. The molecule has 0 aliphatic heterocycles. The maximum atomic E-state index is 14.1. The molecular weight excluding hydrogens is 509 g/mol. The number of halogens is 3. The topological polar surface area (TPSA) is 71.5 Å². The van der Waals surface area contributed by atoms with Crippen molar-refractivity contribution in [3.8, 4) is 16.3 Å². The van der Waals surface area contributed by atoms with Crippen LogP contribution in [0, 0.1) is 5.41 Å². The third kappa shape index (κ3) is 5.98. The van der Waals surface area contributed by atoms with Crippen molar-refractivity contribution in [2.24, 2.45) is 5.41 Å². The molecule has 4 rings (SSSR count). The van der Waals surface area contributed by atoms with E-state index in [1.54, 1.807) is 17.5 Å². The van der Waals surface area contributed by atoms with Crippen LogP contribution in [-0.2, 0) is 6.18 Å². The van der Waals surface area contributed by atoms with Gasteiger partial charge in [-0.1, -0.05) is 26.0 Å². The molecule has 0 spiro atoms. The molecule has 2 aromatic carbocycles. The van der Waals surface area contributed by atoms with Gasteiger partial charge in [-0.25, -0.2) is 9.78 Å². The highest BCUT2D eigenvalue weighted by Gasteiger charge is 2.36. The lowest BCUT2D eigenvalue weighted by atomic mass is 9.71. The maximum Gasteiger partial charge on any atom is 0.417 e. The van der Waals surface area contributed by atoms with Crippen LogP contribution in [0.3, 0.4) is 0 Å². The lowest BCUT2D eigenvalue weighted by Crippen LogP contribution is -2.20. The summed E-state index contributed by atoms with van der Waals surface area (Å²) in [5.74, 6) is -0.600. The summed E-state index contributed by atoms with van der Waals surface area (Å²) in [6.07, 6.45) is -0.695. The van der Waals surface area contributed by atoms with E-state index in [-0.39, 0.29) is 27.5 Å². The standard InChI is InChI=1S/C26H27F3N2O3S2/c1-25(2)10-8-15(9-11-25)16-4-6-18(19(12-16)26(27,28)29)23-30-22(14-35-23)36-31-20-7-5-17(24(32)33)13-21(20)34-3/h4-7,12-15,31H,8-11H2,1-3H3,(H,32,33). The van der Waals surface area contributed by atoms with Crippen LogP contribution in [0.15, 0.2) is 46.8 Å². The molecule has 10 heteroatoms. The Kier molecular flexibility index (Phi) is 7.56. The number of anilines is 1. The number of thiazole rings is 1. The number of alkyl halides is 3. The second-order valence-corrected chi connectivity index (χ2v) is 11.3. The van der Waals surface area contributed by atoms with Gasteiger partial charge in [-0.3, -0.25) is 0 Å². The molecule has 1 aliphatic rings. The van der Waals surface area contributed by atoms with Gasteiger partial charge in [-0.15, -0.1) is 11.3 Å². The van der Waals surface area contributed by atoms with Gasteiger partial charge in [-0.05, 0) is 66.8 Å². The van der Waals surface area contributed by atoms with Gasteiger partial charge in [0.25, 0.3) is 0 Å². The van der Waals surface area contributed by atoms with Crippen molar-refractivity contribution in [2.45, 2.75) is 56.7 Å². The largest absolute Gasteiger partial charge is 0.495 e. The number of aromatic nitrogens is 1. The Balaban J connectivity index is 1.54. The third-order valence-electron chi connectivity index (χ3n) is 6.59. The predicted molar refractivity (Wildman–Crippen MR) is 137 cm³/mol. The molecule has 0 saturated heterocycles. The quantitative estimate of drug-likeness (QED) is 0.296. The lowest BCUT2D eigenvalue weighted by molar-refractivity contribution is -0.137. The number of rotatable bonds is 7. The minimum absolute atomic E-state index is 0.0719. The van der Waals surface area contributed by atoms with Gasteiger partial charge in [0.15, 0.2) is 0 Å². The average Bonchev–Trinajstić information content (AvgIpc) is 3.30. The van der Waals surface area contributed by atoms with Crippen molar-refractivity contribution in [2.75, 3.05) is 11.8 Å². The summed E-state index contributed by atoms with van der Waals surface area (Å²) in [6.45, 7) is 4.42. The number of carboxylic acid groups (broad SMARTS) is 1. The number of carboxylic acids is 1. The monoisotopic (exact) mass is 536 g/mol. The highest BCUT2D eigenvalue weighted by molar-refractivity contribution is 8.00. The van der Waals surface area contributed by atoms with Crippen LogP contribution in [0.1, 0.15) is 66.9 Å². The van der Waals surface area contributed by atoms with Gasteiger partial charge in [-0.2, -0.15) is 13.2 Å². The van der Waals surface area contributed by atoms with Gasteiger partial charge in [0.2, 0.25) is 0 Å². The second-order valence-electron chi connectivity index (χ2n) is 9.66. The number of benzene rings is 2. The molecule has 1 aliphatic carbocycles. The molecule has 0 atom stereocenters. The molecule has 0 unspecified atom stereocenters. The summed E-state index contributed by atoms with van der Waals surface area (Å²) in [7, 11) is 1.42. The number of nitrogens with one attached hydrogen (secondary N) is 1. The Morgan fingerprint density at radius 3 is 2.56 bits per heavy atom. The minimum atomic E-state index is -4.49. The summed E-state index contributed by atoms with van der Waals surface area (Å²) in [5, 5.41) is 11.6. The van der Waals surface area contributed by atoms with Crippen LogP contribution < -0.4 is 9.46 Å². The zero-order valence-corrected chi connectivity index (χ0v) is 21.7. The van der Waals surface area contributed by atoms with Gasteiger partial charge in [0.05, 0.1) is 23.9 Å². The summed E-state index contributed by atoms with van der Waals surface area (Å²) in [6, 6.07) is 9.06. The number of hydrogen-bond donors (Lipinski definition) is 2. The third-order valence-corrected chi connectivity index (χ3v) is 8.35. The van der Waals surface area contributed by atoms with Crippen LogP contribution in [0.4, 0.5) is 18.9 Å². The Morgan fingerprint density at radius 1 is 1.19 bits per heavy atom. The molecule has 5 nitrogen and oxygen atoms in total. The molecule has 1 saturated carbocycles. The van der Waals surface area contributed by atoms with Crippen molar-refractivity contribution < 1.29 is 27.8 Å². The molecule has 1 fully saturated rings. The average molecular weight is 537 g/mol. The van der Waals surface area contributed by atoms with Gasteiger partial charge in [0, 0.05) is 22.9 Å². The molecule has 192 valence electrons. The van der Waals surface area contributed by atoms with Crippen molar-refractivity contribution in [3.05, 3.63) is 58.5 Å². The second kappa shape index (κ2) is 10.3. The Labute approximate surface area is 216 Å².